The van der Waals surface area contributed by atoms with Crippen molar-refractivity contribution < 1.29 is 14.3 Å². The smallest absolute Gasteiger partial charge is 0.225 e. The molecule has 0 radical (unpaired) electrons. The van der Waals surface area contributed by atoms with Gasteiger partial charge in [0.15, 0.2) is 0 Å². The van der Waals surface area contributed by atoms with Crippen molar-refractivity contribution in [3.05, 3.63) is 65.2 Å². The predicted molar refractivity (Wildman–Crippen MR) is 104 cm³/mol. The number of aryl methyl sites for hydroxylation is 1. The van der Waals surface area contributed by atoms with Crippen molar-refractivity contribution in [2.45, 2.75) is 33.4 Å². The molecule has 0 aromatic heterocycles. The second-order valence-corrected chi connectivity index (χ2v) is 6.92. The summed E-state index contributed by atoms with van der Waals surface area (Å²) >= 11 is 0. The number of hydrogen-bond donors (Lipinski definition) is 1. The molecule has 0 aliphatic carbocycles. The van der Waals surface area contributed by atoms with E-state index in [-0.39, 0.29) is 24.2 Å². The minimum atomic E-state index is -0.304. The van der Waals surface area contributed by atoms with Gasteiger partial charge in [-0.1, -0.05) is 48.0 Å². The van der Waals surface area contributed by atoms with Crippen LogP contribution in [0.2, 0.25) is 0 Å². The van der Waals surface area contributed by atoms with Crippen molar-refractivity contribution in [2.75, 3.05) is 13.2 Å². The van der Waals surface area contributed by atoms with Crippen LogP contribution in [0.3, 0.4) is 0 Å². The maximum absolute atomic E-state index is 12.5. The summed E-state index contributed by atoms with van der Waals surface area (Å²) in [5, 5.41) is 2.95. The summed E-state index contributed by atoms with van der Waals surface area (Å²) < 4.78 is 5.59. The molecule has 1 atom stereocenters. The zero-order chi connectivity index (χ0) is 19.2. The number of benzene rings is 2. The van der Waals surface area contributed by atoms with Gasteiger partial charge < -0.3 is 15.0 Å². The Hall–Kier alpha value is -2.82. The number of likely N-dealkylation sites (tertiary alicyclic amines) is 1. The average molecular weight is 366 g/mol. The third kappa shape index (κ3) is 4.88. The van der Waals surface area contributed by atoms with E-state index in [0.29, 0.717) is 26.2 Å². The first-order valence-electron chi connectivity index (χ1n) is 9.38. The average Bonchev–Trinajstić information content (AvgIpc) is 3.03. The van der Waals surface area contributed by atoms with Gasteiger partial charge in [-0.05, 0) is 25.5 Å². The molecule has 2 aromatic rings. The number of nitrogens with zero attached hydrogens (tertiary/aromatic N) is 1. The van der Waals surface area contributed by atoms with Crippen molar-refractivity contribution in [1.29, 1.82) is 0 Å². The largest absolute Gasteiger partial charge is 0.494 e. The summed E-state index contributed by atoms with van der Waals surface area (Å²) in [5.74, 6) is 0.428. The van der Waals surface area contributed by atoms with Gasteiger partial charge in [0.2, 0.25) is 11.8 Å². The van der Waals surface area contributed by atoms with Gasteiger partial charge in [-0.15, -0.1) is 0 Å². The highest BCUT2D eigenvalue weighted by atomic mass is 16.5. The molecule has 1 heterocycles. The number of rotatable bonds is 7. The molecule has 142 valence electrons. The van der Waals surface area contributed by atoms with E-state index < -0.39 is 0 Å². The second kappa shape index (κ2) is 8.71. The Labute approximate surface area is 160 Å². The van der Waals surface area contributed by atoms with E-state index >= 15 is 0 Å². The lowest BCUT2D eigenvalue weighted by Gasteiger charge is -2.17. The molecule has 3 rings (SSSR count). The number of amides is 2. The summed E-state index contributed by atoms with van der Waals surface area (Å²) in [4.78, 5) is 26.6. The lowest BCUT2D eigenvalue weighted by molar-refractivity contribution is -0.129. The second-order valence-electron chi connectivity index (χ2n) is 6.92. The number of carbonyl (C=O) groups is 2. The molecule has 2 aromatic carbocycles. The third-order valence-electron chi connectivity index (χ3n) is 4.80. The molecule has 0 bridgehead atoms. The van der Waals surface area contributed by atoms with E-state index in [2.05, 4.69) is 5.32 Å². The fourth-order valence-electron chi connectivity index (χ4n) is 3.29. The molecule has 5 heteroatoms. The zero-order valence-corrected chi connectivity index (χ0v) is 15.9. The Morgan fingerprint density at radius 1 is 1.19 bits per heavy atom. The summed E-state index contributed by atoms with van der Waals surface area (Å²) in [6.07, 6.45) is 0.269. The molecule has 1 aliphatic heterocycles. The van der Waals surface area contributed by atoms with Crippen LogP contribution in [0.4, 0.5) is 0 Å². The van der Waals surface area contributed by atoms with Gasteiger partial charge in [0.1, 0.15) is 5.75 Å². The van der Waals surface area contributed by atoms with E-state index in [4.69, 9.17) is 4.74 Å². The van der Waals surface area contributed by atoms with Crippen molar-refractivity contribution in [1.82, 2.24) is 10.2 Å². The Morgan fingerprint density at radius 3 is 2.67 bits per heavy atom. The highest BCUT2D eigenvalue weighted by Crippen LogP contribution is 2.22. The van der Waals surface area contributed by atoms with E-state index in [1.54, 1.807) is 4.90 Å². The maximum Gasteiger partial charge on any atom is 0.225 e. The lowest BCUT2D eigenvalue weighted by Crippen LogP contribution is -2.32. The standard InChI is InChI=1S/C22H26N2O3/c1-3-27-20-7-5-4-6-18(20)13-23-22(26)19-12-21(25)24(15-19)14-17-10-8-16(2)9-11-17/h4-11,19H,3,12-15H2,1-2H3,(H,23,26)/t19-/m0/s1. The van der Waals surface area contributed by atoms with Gasteiger partial charge >= 0.3 is 0 Å². The van der Waals surface area contributed by atoms with E-state index in [9.17, 15) is 9.59 Å². The summed E-state index contributed by atoms with van der Waals surface area (Å²) in [7, 11) is 0. The fourth-order valence-corrected chi connectivity index (χ4v) is 3.29. The van der Waals surface area contributed by atoms with Gasteiger partial charge in [0, 0.05) is 31.6 Å². The van der Waals surface area contributed by atoms with Crippen LogP contribution in [-0.2, 0) is 22.7 Å². The molecule has 1 aliphatic rings. The lowest BCUT2D eigenvalue weighted by atomic mass is 10.1. The van der Waals surface area contributed by atoms with Crippen LogP contribution in [0.15, 0.2) is 48.5 Å². The van der Waals surface area contributed by atoms with E-state index in [0.717, 1.165) is 16.9 Å². The molecule has 27 heavy (non-hydrogen) atoms. The number of para-hydroxylation sites is 1. The molecule has 1 saturated heterocycles. The molecule has 1 N–H and O–H groups in total. The Balaban J connectivity index is 1.55. The van der Waals surface area contributed by atoms with Gasteiger partial charge in [-0.3, -0.25) is 9.59 Å². The van der Waals surface area contributed by atoms with Crippen molar-refractivity contribution in [3.8, 4) is 5.75 Å². The minimum absolute atomic E-state index is 0.0328. The highest BCUT2D eigenvalue weighted by molar-refractivity contribution is 5.89. The molecule has 0 unspecified atom stereocenters. The van der Waals surface area contributed by atoms with E-state index in [1.807, 2.05) is 62.4 Å². The molecular weight excluding hydrogens is 340 g/mol. The van der Waals surface area contributed by atoms with Crippen molar-refractivity contribution >= 4 is 11.8 Å². The van der Waals surface area contributed by atoms with Crippen LogP contribution in [0.25, 0.3) is 0 Å². The summed E-state index contributed by atoms with van der Waals surface area (Å²) in [6.45, 7) is 5.96. The third-order valence-corrected chi connectivity index (χ3v) is 4.80. The van der Waals surface area contributed by atoms with Crippen LogP contribution in [0.5, 0.6) is 5.75 Å². The Kier molecular flexibility index (Phi) is 6.12. The number of carbonyl (C=O) groups excluding carboxylic acids is 2. The molecule has 5 nitrogen and oxygen atoms in total. The van der Waals surface area contributed by atoms with Crippen LogP contribution in [-0.4, -0.2) is 29.9 Å². The molecule has 0 saturated carbocycles. The minimum Gasteiger partial charge on any atom is -0.494 e. The van der Waals surface area contributed by atoms with Gasteiger partial charge in [0.25, 0.3) is 0 Å². The maximum atomic E-state index is 12.5. The topological polar surface area (TPSA) is 58.6 Å². The highest BCUT2D eigenvalue weighted by Gasteiger charge is 2.34. The van der Waals surface area contributed by atoms with Crippen molar-refractivity contribution in [3.63, 3.8) is 0 Å². The van der Waals surface area contributed by atoms with Crippen LogP contribution in [0, 0.1) is 12.8 Å². The summed E-state index contributed by atoms with van der Waals surface area (Å²) in [6, 6.07) is 15.8. The van der Waals surface area contributed by atoms with Gasteiger partial charge in [-0.2, -0.15) is 0 Å². The quantitative estimate of drug-likeness (QED) is 0.819. The SMILES string of the molecule is CCOc1ccccc1CNC(=O)[C@H]1CC(=O)N(Cc2ccc(C)cc2)C1. The zero-order valence-electron chi connectivity index (χ0n) is 15.9. The Bertz CT molecular complexity index is 801. The molecule has 2 amide bonds. The number of nitrogens with one attached hydrogen (secondary N) is 1. The first-order chi connectivity index (χ1) is 13.1. The normalized spacial score (nSPS) is 16.4. The molecular formula is C22H26N2O3. The molecule has 0 spiro atoms. The van der Waals surface area contributed by atoms with Crippen LogP contribution < -0.4 is 10.1 Å². The van der Waals surface area contributed by atoms with Crippen molar-refractivity contribution in [2.24, 2.45) is 5.92 Å². The number of ether oxygens (including phenoxy) is 1. The first-order valence-corrected chi connectivity index (χ1v) is 9.38. The van der Waals surface area contributed by atoms with Crippen LogP contribution in [0.1, 0.15) is 30.0 Å². The fraction of sp³-hybridized carbons (Fsp3) is 0.364. The van der Waals surface area contributed by atoms with Gasteiger partial charge in [0.05, 0.1) is 12.5 Å². The van der Waals surface area contributed by atoms with Crippen LogP contribution >= 0.6 is 0 Å². The van der Waals surface area contributed by atoms with E-state index in [1.165, 1.54) is 5.56 Å². The number of hydrogen-bond acceptors (Lipinski definition) is 3. The Morgan fingerprint density at radius 2 is 1.93 bits per heavy atom. The molecule has 1 fully saturated rings. The summed E-state index contributed by atoms with van der Waals surface area (Å²) in [5.41, 5.74) is 3.21. The van der Waals surface area contributed by atoms with Gasteiger partial charge in [-0.25, -0.2) is 0 Å². The monoisotopic (exact) mass is 366 g/mol. The predicted octanol–water partition coefficient (Wildman–Crippen LogP) is 3.06. The first kappa shape index (κ1) is 19.0.